The Morgan fingerprint density at radius 2 is 1.91 bits per heavy atom. The van der Waals surface area contributed by atoms with Gasteiger partial charge in [-0.1, -0.05) is 6.07 Å². The number of nitrogens with one attached hydrogen (secondary N) is 1. The van der Waals surface area contributed by atoms with Crippen molar-refractivity contribution in [3.8, 4) is 5.75 Å². The van der Waals surface area contributed by atoms with Crippen molar-refractivity contribution < 1.29 is 31.8 Å². The summed E-state index contributed by atoms with van der Waals surface area (Å²) in [4.78, 5) is 20.6. The highest BCUT2D eigenvalue weighted by atomic mass is 19.4. The molecular weight excluding hydrogens is 434 g/mol. The number of aromatic nitrogens is 3. The van der Waals surface area contributed by atoms with Crippen molar-refractivity contribution in [2.24, 2.45) is 0 Å². The van der Waals surface area contributed by atoms with Gasteiger partial charge in [0.05, 0.1) is 12.7 Å². The van der Waals surface area contributed by atoms with Crippen LogP contribution in [0, 0.1) is 5.82 Å². The summed E-state index contributed by atoms with van der Waals surface area (Å²) in [6.07, 6.45) is -1.55. The zero-order valence-corrected chi connectivity index (χ0v) is 17.1. The number of alkyl halides is 3. The van der Waals surface area contributed by atoms with Crippen LogP contribution in [0.3, 0.4) is 0 Å². The fourth-order valence-electron chi connectivity index (χ4n) is 4.03. The third-order valence-electron chi connectivity index (χ3n) is 5.72. The number of nitrogens with zero attached hydrogens (tertiary/aromatic N) is 4. The number of hydrogen-bond acceptors (Lipinski definition) is 5. The third-order valence-corrected chi connectivity index (χ3v) is 5.72. The molecule has 2 amide bonds. The van der Waals surface area contributed by atoms with Crippen molar-refractivity contribution in [1.29, 1.82) is 0 Å². The molecule has 0 bridgehead atoms. The smallest absolute Gasteiger partial charge is 0.406 e. The summed E-state index contributed by atoms with van der Waals surface area (Å²) >= 11 is 0. The van der Waals surface area contributed by atoms with Gasteiger partial charge in [-0.25, -0.2) is 14.2 Å². The van der Waals surface area contributed by atoms with Gasteiger partial charge in [-0.05, 0) is 25.3 Å². The zero-order chi connectivity index (χ0) is 22.7. The summed E-state index contributed by atoms with van der Waals surface area (Å²) in [6.45, 7) is 2.23. The summed E-state index contributed by atoms with van der Waals surface area (Å²) < 4.78 is 60.2. The quantitative estimate of drug-likeness (QED) is 0.696. The first kappa shape index (κ1) is 22.3. The molecule has 1 aromatic carbocycles. The van der Waals surface area contributed by atoms with E-state index in [2.05, 4.69) is 19.9 Å². The summed E-state index contributed by atoms with van der Waals surface area (Å²) in [5.41, 5.74) is 0.147. The first-order valence-electron chi connectivity index (χ1n) is 10.3. The maximum Gasteiger partial charge on any atom is 0.573 e. The van der Waals surface area contributed by atoms with E-state index in [0.29, 0.717) is 45.1 Å². The van der Waals surface area contributed by atoms with Gasteiger partial charge in [0.15, 0.2) is 0 Å². The van der Waals surface area contributed by atoms with Crippen molar-refractivity contribution >= 4 is 6.03 Å². The lowest BCUT2D eigenvalue weighted by molar-refractivity contribution is -0.274. The fraction of sp³-hybridized carbons (Fsp3) is 0.550. The Bertz CT molecular complexity index is 916. The van der Waals surface area contributed by atoms with Gasteiger partial charge in [-0.15, -0.1) is 13.2 Å². The highest BCUT2D eigenvalue weighted by Gasteiger charge is 2.33. The van der Waals surface area contributed by atoms with Gasteiger partial charge in [-0.2, -0.15) is 5.10 Å². The van der Waals surface area contributed by atoms with E-state index >= 15 is 0 Å². The SMILES string of the molecule is O=C(N1CCC(OCc2ccc(OC(F)(F)F)cc2F)CC1)N1CC[C@H](c2ncn[nH]2)C1. The number of carbonyl (C=O) groups excluding carboxylic acids is 1. The molecule has 2 aliphatic rings. The third kappa shape index (κ3) is 5.47. The minimum absolute atomic E-state index is 0.0169. The Morgan fingerprint density at radius 3 is 2.56 bits per heavy atom. The van der Waals surface area contributed by atoms with Crippen LogP contribution in [0.1, 0.15) is 36.6 Å². The molecule has 0 spiro atoms. The van der Waals surface area contributed by atoms with Crippen LogP contribution < -0.4 is 4.74 Å². The number of halogens is 4. The molecule has 4 rings (SSSR count). The number of hydrogen-bond donors (Lipinski definition) is 1. The van der Waals surface area contributed by atoms with Gasteiger partial charge in [0, 0.05) is 43.7 Å². The van der Waals surface area contributed by atoms with E-state index in [1.165, 1.54) is 12.4 Å². The minimum Gasteiger partial charge on any atom is -0.406 e. The first-order valence-corrected chi connectivity index (χ1v) is 10.3. The summed E-state index contributed by atoms with van der Waals surface area (Å²) in [5.74, 6) is -0.490. The number of urea groups is 1. The number of rotatable bonds is 5. The van der Waals surface area contributed by atoms with Crippen LogP contribution in [0.15, 0.2) is 24.5 Å². The van der Waals surface area contributed by atoms with E-state index in [9.17, 15) is 22.4 Å². The normalized spacial score (nSPS) is 20.1. The highest BCUT2D eigenvalue weighted by molar-refractivity contribution is 5.75. The molecule has 174 valence electrons. The van der Waals surface area contributed by atoms with Crippen molar-refractivity contribution in [3.05, 3.63) is 41.7 Å². The number of H-pyrrole nitrogens is 1. The Kier molecular flexibility index (Phi) is 6.49. The van der Waals surface area contributed by atoms with Gasteiger partial charge < -0.3 is 19.3 Å². The van der Waals surface area contributed by atoms with Gasteiger partial charge in [0.1, 0.15) is 23.7 Å². The standard InChI is InChI=1S/C20H23F4N5O3/c21-17-9-16(32-20(22,23)24)2-1-14(17)11-31-15-4-7-28(8-5-15)19(30)29-6-3-13(10-29)18-25-12-26-27-18/h1-2,9,12-13,15H,3-8,10-11H2,(H,25,26,27)/t13-/m0/s1. The Balaban J connectivity index is 1.22. The second kappa shape index (κ2) is 9.31. The van der Waals surface area contributed by atoms with Crippen LogP contribution in [0.2, 0.25) is 0 Å². The average molecular weight is 457 g/mol. The number of piperidine rings is 1. The lowest BCUT2D eigenvalue weighted by atomic mass is 10.1. The molecule has 0 aliphatic carbocycles. The van der Waals surface area contributed by atoms with Crippen LogP contribution in [-0.2, 0) is 11.3 Å². The molecule has 2 aliphatic heterocycles. The van der Waals surface area contributed by atoms with Crippen LogP contribution in [0.4, 0.5) is 22.4 Å². The van der Waals surface area contributed by atoms with Gasteiger partial charge in [0.2, 0.25) is 0 Å². The van der Waals surface area contributed by atoms with Crippen molar-refractivity contribution in [2.75, 3.05) is 26.2 Å². The van der Waals surface area contributed by atoms with E-state index in [0.717, 1.165) is 18.3 Å². The van der Waals surface area contributed by atoms with Crippen molar-refractivity contribution in [3.63, 3.8) is 0 Å². The van der Waals surface area contributed by atoms with Crippen LogP contribution >= 0.6 is 0 Å². The second-order valence-electron chi connectivity index (χ2n) is 7.88. The molecular formula is C20H23F4N5O3. The number of carbonyl (C=O) groups is 1. The van der Waals surface area contributed by atoms with E-state index in [4.69, 9.17) is 4.74 Å². The van der Waals surface area contributed by atoms with Crippen LogP contribution in [0.5, 0.6) is 5.75 Å². The van der Waals surface area contributed by atoms with E-state index in [1.807, 2.05) is 4.90 Å². The fourth-order valence-corrected chi connectivity index (χ4v) is 4.03. The molecule has 1 aromatic heterocycles. The number of aromatic amines is 1. The summed E-state index contributed by atoms with van der Waals surface area (Å²) in [6, 6.07) is 2.94. The van der Waals surface area contributed by atoms with Gasteiger partial charge >= 0.3 is 12.4 Å². The highest BCUT2D eigenvalue weighted by Crippen LogP contribution is 2.27. The van der Waals surface area contributed by atoms with Crippen LogP contribution in [-0.4, -0.2) is 69.7 Å². The van der Waals surface area contributed by atoms with E-state index in [1.54, 1.807) is 4.90 Å². The molecule has 3 heterocycles. The van der Waals surface area contributed by atoms with E-state index < -0.39 is 17.9 Å². The summed E-state index contributed by atoms with van der Waals surface area (Å²) in [7, 11) is 0. The lowest BCUT2D eigenvalue weighted by Crippen LogP contribution is -2.47. The van der Waals surface area contributed by atoms with Gasteiger partial charge in [-0.3, -0.25) is 5.10 Å². The maximum atomic E-state index is 14.1. The molecule has 2 aromatic rings. The van der Waals surface area contributed by atoms with Gasteiger partial charge in [0.25, 0.3) is 0 Å². The molecule has 0 unspecified atom stereocenters. The second-order valence-corrected chi connectivity index (χ2v) is 7.88. The maximum absolute atomic E-state index is 14.1. The van der Waals surface area contributed by atoms with Crippen LogP contribution in [0.25, 0.3) is 0 Å². The monoisotopic (exact) mass is 457 g/mol. The first-order chi connectivity index (χ1) is 15.3. The topological polar surface area (TPSA) is 83.6 Å². The average Bonchev–Trinajstić information content (AvgIpc) is 3.44. The lowest BCUT2D eigenvalue weighted by Gasteiger charge is -2.34. The molecule has 2 fully saturated rings. The van der Waals surface area contributed by atoms with E-state index in [-0.39, 0.29) is 30.2 Å². The predicted octanol–water partition coefficient (Wildman–Crippen LogP) is 3.43. The molecule has 12 heteroatoms. The zero-order valence-electron chi connectivity index (χ0n) is 17.1. The molecule has 32 heavy (non-hydrogen) atoms. The molecule has 2 saturated heterocycles. The number of ether oxygens (including phenoxy) is 2. The Morgan fingerprint density at radius 1 is 1.16 bits per heavy atom. The number of benzene rings is 1. The minimum atomic E-state index is -4.87. The predicted molar refractivity (Wildman–Crippen MR) is 103 cm³/mol. The Labute approximate surface area is 181 Å². The number of amides is 2. The summed E-state index contributed by atoms with van der Waals surface area (Å²) in [5, 5.41) is 6.71. The largest absolute Gasteiger partial charge is 0.573 e. The van der Waals surface area contributed by atoms with Crippen molar-refractivity contribution in [1.82, 2.24) is 25.0 Å². The number of likely N-dealkylation sites (tertiary alicyclic amines) is 2. The molecule has 1 N–H and O–H groups in total. The molecule has 8 nitrogen and oxygen atoms in total. The molecule has 0 saturated carbocycles. The van der Waals surface area contributed by atoms with Crippen molar-refractivity contribution in [2.45, 2.75) is 44.3 Å². The molecule has 1 atom stereocenters. The molecule has 0 radical (unpaired) electrons. The Hall–Kier alpha value is -2.89.